The number of hydrogen-bond acceptors (Lipinski definition) is 6. The average Bonchev–Trinajstić information content (AvgIpc) is 3.11. The molecule has 0 heterocycles. The summed E-state index contributed by atoms with van der Waals surface area (Å²) in [4.78, 5) is 22.9. The van der Waals surface area contributed by atoms with Crippen LogP contribution < -0.4 is 0 Å². The molecule has 0 aromatic carbocycles. The molecule has 2 unspecified atom stereocenters. The van der Waals surface area contributed by atoms with Crippen LogP contribution in [0.25, 0.3) is 0 Å². The molecule has 0 saturated heterocycles. The number of hydrogen-bond donors (Lipinski definition) is 1. The molecule has 0 bridgehead atoms. The monoisotopic (exact) mass is 775 g/mol. The Morgan fingerprint density at radius 3 is 1.43 bits per heavy atom. The van der Waals surface area contributed by atoms with Crippen LogP contribution in [-0.2, 0) is 27.9 Å². The Kier molecular flexibility index (Phi) is 37.6. The van der Waals surface area contributed by atoms with Gasteiger partial charge >= 0.3 is 13.8 Å². The topological polar surface area (TPSA) is 91.3 Å². The maximum absolute atomic E-state index is 12.7. The number of nitrogens with zero attached hydrogens (tertiary/aromatic N) is 1. The van der Waals surface area contributed by atoms with Crippen molar-refractivity contribution in [2.24, 2.45) is 0 Å². The molecule has 8 nitrogen and oxygen atoms in total. The third-order valence-electron chi connectivity index (χ3n) is 9.83. The number of carbonyl (C=O) groups is 1. The van der Waals surface area contributed by atoms with Gasteiger partial charge in [0.1, 0.15) is 19.3 Å². The fourth-order valence-corrected chi connectivity index (χ4v) is 7.05. The van der Waals surface area contributed by atoms with Crippen molar-refractivity contribution in [2.45, 2.75) is 213 Å². The highest BCUT2D eigenvalue weighted by molar-refractivity contribution is 7.47. The van der Waals surface area contributed by atoms with Gasteiger partial charge in [-0.2, -0.15) is 0 Å². The number of esters is 1. The molecule has 0 aliphatic carbocycles. The molecule has 0 spiro atoms. The standard InChI is InChI=1S/C44H88NO7P/c1-6-8-10-12-14-16-18-20-21-22-23-24-25-27-29-31-33-35-37-44(46)52-43(42-51-53(47,48)50-40-38-45(3,4)5)41-49-39-36-34-32-30-28-26-19-17-15-13-11-9-7-2/h21-22,43H,6-20,23-42H2,1-5H3/p+1/b22-21-. The molecule has 0 aromatic heterocycles. The summed E-state index contributed by atoms with van der Waals surface area (Å²) in [6.07, 6.45) is 40.9. The van der Waals surface area contributed by atoms with Gasteiger partial charge in [0.2, 0.25) is 0 Å². The van der Waals surface area contributed by atoms with Crippen molar-refractivity contribution in [3.63, 3.8) is 0 Å². The summed E-state index contributed by atoms with van der Waals surface area (Å²) in [5.41, 5.74) is 0. The minimum Gasteiger partial charge on any atom is -0.457 e. The number of phosphoric acid groups is 1. The van der Waals surface area contributed by atoms with Crippen molar-refractivity contribution < 1.29 is 37.3 Å². The first-order valence-corrected chi connectivity index (χ1v) is 23.9. The van der Waals surface area contributed by atoms with E-state index < -0.39 is 13.9 Å². The molecule has 9 heteroatoms. The quantitative estimate of drug-likeness (QED) is 0.0217. The summed E-state index contributed by atoms with van der Waals surface area (Å²) in [7, 11) is 1.68. The SMILES string of the molecule is CCCCCCCCC/C=C\CCCCCCCCCC(=O)OC(COCCCCCCCCCCCCCCC)COP(=O)(O)OCC[N+](C)(C)C. The fraction of sp³-hybridized carbons (Fsp3) is 0.932. The number of unbranched alkanes of at least 4 members (excludes halogenated alkanes) is 26. The number of rotatable bonds is 42. The molecule has 0 radical (unpaired) electrons. The van der Waals surface area contributed by atoms with E-state index in [4.69, 9.17) is 18.5 Å². The first-order chi connectivity index (χ1) is 25.6. The van der Waals surface area contributed by atoms with Crippen molar-refractivity contribution in [1.29, 1.82) is 0 Å². The number of carbonyl (C=O) groups excluding carboxylic acids is 1. The Labute approximate surface area is 329 Å². The highest BCUT2D eigenvalue weighted by Crippen LogP contribution is 2.43. The second-order valence-electron chi connectivity index (χ2n) is 16.4. The van der Waals surface area contributed by atoms with Crippen molar-refractivity contribution in [3.05, 3.63) is 12.2 Å². The van der Waals surface area contributed by atoms with Crippen LogP contribution in [0.15, 0.2) is 12.2 Å². The van der Waals surface area contributed by atoms with E-state index >= 15 is 0 Å². The predicted octanol–water partition coefficient (Wildman–Crippen LogP) is 13.1. The average molecular weight is 775 g/mol. The lowest BCUT2D eigenvalue weighted by Crippen LogP contribution is -2.37. The lowest BCUT2D eigenvalue weighted by molar-refractivity contribution is -0.870. The van der Waals surface area contributed by atoms with Gasteiger partial charge in [-0.3, -0.25) is 13.8 Å². The fourth-order valence-electron chi connectivity index (χ4n) is 6.31. The molecule has 0 rings (SSSR count). The van der Waals surface area contributed by atoms with Crippen molar-refractivity contribution in [3.8, 4) is 0 Å². The second kappa shape index (κ2) is 38.1. The Balaban J connectivity index is 4.19. The van der Waals surface area contributed by atoms with Gasteiger partial charge in [-0.1, -0.05) is 174 Å². The summed E-state index contributed by atoms with van der Waals surface area (Å²) in [5, 5.41) is 0. The zero-order valence-corrected chi connectivity index (χ0v) is 36.7. The predicted molar refractivity (Wildman–Crippen MR) is 224 cm³/mol. The highest BCUT2D eigenvalue weighted by atomic mass is 31.2. The van der Waals surface area contributed by atoms with Gasteiger partial charge in [-0.25, -0.2) is 4.57 Å². The van der Waals surface area contributed by atoms with E-state index in [1.165, 1.54) is 154 Å². The Hall–Kier alpha value is -0.760. The molecule has 0 fully saturated rings. The van der Waals surface area contributed by atoms with Crippen molar-refractivity contribution in [1.82, 2.24) is 0 Å². The van der Waals surface area contributed by atoms with Crippen LogP contribution in [0, 0.1) is 0 Å². The van der Waals surface area contributed by atoms with Crippen LogP contribution in [0.1, 0.15) is 206 Å². The molecule has 0 aliphatic heterocycles. The third kappa shape index (κ3) is 42.2. The van der Waals surface area contributed by atoms with E-state index in [9.17, 15) is 14.3 Å². The van der Waals surface area contributed by atoms with Crippen molar-refractivity contribution in [2.75, 3.05) is 54.1 Å². The molecule has 0 aliphatic rings. The van der Waals surface area contributed by atoms with Crippen LogP contribution in [0.5, 0.6) is 0 Å². The largest absolute Gasteiger partial charge is 0.472 e. The molecular formula is C44H89NO7P+. The first kappa shape index (κ1) is 52.2. The van der Waals surface area contributed by atoms with Crippen molar-refractivity contribution >= 4 is 13.8 Å². The molecular weight excluding hydrogens is 685 g/mol. The van der Waals surface area contributed by atoms with Crippen LogP contribution in [0.4, 0.5) is 0 Å². The Morgan fingerprint density at radius 2 is 0.981 bits per heavy atom. The van der Waals surface area contributed by atoms with Gasteiger partial charge in [0.25, 0.3) is 0 Å². The summed E-state index contributed by atoms with van der Waals surface area (Å²) < 4.78 is 35.0. The number of phosphoric ester groups is 1. The maximum atomic E-state index is 12.7. The molecule has 1 N–H and O–H groups in total. The molecule has 0 aromatic rings. The zero-order valence-electron chi connectivity index (χ0n) is 35.8. The van der Waals surface area contributed by atoms with Gasteiger partial charge in [-0.05, 0) is 38.5 Å². The normalized spacial score (nSPS) is 13.8. The second-order valence-corrected chi connectivity index (χ2v) is 17.9. The number of ether oxygens (including phenoxy) is 2. The van der Waals surface area contributed by atoms with Gasteiger partial charge in [0.15, 0.2) is 0 Å². The van der Waals surface area contributed by atoms with Crippen LogP contribution in [0.3, 0.4) is 0 Å². The number of allylic oxidation sites excluding steroid dienone is 2. The van der Waals surface area contributed by atoms with Gasteiger partial charge in [0.05, 0.1) is 34.4 Å². The van der Waals surface area contributed by atoms with Crippen LogP contribution in [0.2, 0.25) is 0 Å². The first-order valence-electron chi connectivity index (χ1n) is 22.4. The zero-order chi connectivity index (χ0) is 39.1. The van der Waals surface area contributed by atoms with E-state index in [-0.39, 0.29) is 25.8 Å². The number of likely N-dealkylation sites (N-methyl/N-ethyl adjacent to an activating group) is 1. The summed E-state index contributed by atoms with van der Waals surface area (Å²) in [6, 6.07) is 0. The third-order valence-corrected chi connectivity index (χ3v) is 10.8. The van der Waals surface area contributed by atoms with Crippen LogP contribution >= 0.6 is 7.82 Å². The molecule has 2 atom stereocenters. The summed E-state index contributed by atoms with van der Waals surface area (Å²) >= 11 is 0. The highest BCUT2D eigenvalue weighted by Gasteiger charge is 2.26. The van der Waals surface area contributed by atoms with Gasteiger partial charge < -0.3 is 18.9 Å². The van der Waals surface area contributed by atoms with E-state index in [1.54, 1.807) is 0 Å². The summed E-state index contributed by atoms with van der Waals surface area (Å²) in [5.74, 6) is -0.315. The minimum absolute atomic E-state index is 0.0910. The Bertz CT molecular complexity index is 863. The Morgan fingerprint density at radius 1 is 0.566 bits per heavy atom. The lowest BCUT2D eigenvalue weighted by Gasteiger charge is -2.24. The van der Waals surface area contributed by atoms with Crippen LogP contribution in [-0.4, -0.2) is 75.6 Å². The van der Waals surface area contributed by atoms with Gasteiger partial charge in [0, 0.05) is 13.0 Å². The maximum Gasteiger partial charge on any atom is 0.472 e. The molecule has 0 amide bonds. The molecule has 0 saturated carbocycles. The summed E-state index contributed by atoms with van der Waals surface area (Å²) in [6.45, 7) is 5.65. The van der Waals surface area contributed by atoms with E-state index in [0.717, 1.165) is 32.1 Å². The van der Waals surface area contributed by atoms with E-state index in [1.807, 2.05) is 21.1 Å². The molecule has 316 valence electrons. The van der Waals surface area contributed by atoms with E-state index in [2.05, 4.69) is 26.0 Å². The minimum atomic E-state index is -4.27. The van der Waals surface area contributed by atoms with E-state index in [0.29, 0.717) is 24.1 Å². The number of quaternary nitrogens is 1. The van der Waals surface area contributed by atoms with Gasteiger partial charge in [-0.15, -0.1) is 0 Å². The lowest BCUT2D eigenvalue weighted by atomic mass is 10.0. The molecule has 53 heavy (non-hydrogen) atoms. The smallest absolute Gasteiger partial charge is 0.457 e.